The number of aryl methyl sites for hydroxylation is 2. The van der Waals surface area contributed by atoms with Gasteiger partial charge in [-0.3, -0.25) is 9.79 Å². The molecule has 0 spiro atoms. The Labute approximate surface area is 146 Å². The lowest BCUT2D eigenvalue weighted by Gasteiger charge is -2.11. The summed E-state index contributed by atoms with van der Waals surface area (Å²) in [5, 5.41) is 10.0. The van der Waals surface area contributed by atoms with Crippen molar-refractivity contribution in [3.05, 3.63) is 45.9 Å². The van der Waals surface area contributed by atoms with E-state index in [0.29, 0.717) is 12.5 Å². The molecule has 2 rings (SSSR count). The summed E-state index contributed by atoms with van der Waals surface area (Å²) >= 11 is 1.63. The maximum atomic E-state index is 12.0. The molecule has 0 saturated carbocycles. The molecular weight excluding hydrogens is 322 g/mol. The van der Waals surface area contributed by atoms with Gasteiger partial charge in [-0.25, -0.2) is 4.98 Å². The molecule has 2 aromatic rings. The summed E-state index contributed by atoms with van der Waals surface area (Å²) in [5.74, 6) is 0.455. The van der Waals surface area contributed by atoms with Gasteiger partial charge >= 0.3 is 0 Å². The minimum Gasteiger partial charge on any atom is -0.350 e. The molecule has 1 amide bonds. The van der Waals surface area contributed by atoms with Crippen molar-refractivity contribution in [2.24, 2.45) is 4.99 Å². The van der Waals surface area contributed by atoms with Crippen LogP contribution in [0.1, 0.15) is 22.4 Å². The van der Waals surface area contributed by atoms with E-state index < -0.39 is 0 Å². The van der Waals surface area contributed by atoms with Crippen LogP contribution in [-0.4, -0.2) is 30.4 Å². The molecular formula is C17H23N5OS. The van der Waals surface area contributed by atoms with E-state index in [2.05, 4.69) is 32.9 Å². The molecule has 0 atom stereocenters. The van der Waals surface area contributed by atoms with E-state index in [-0.39, 0.29) is 12.5 Å². The maximum absolute atomic E-state index is 12.0. The number of thiazole rings is 1. The van der Waals surface area contributed by atoms with Gasteiger partial charge in [-0.15, -0.1) is 11.3 Å². The minimum atomic E-state index is -0.115. The van der Waals surface area contributed by atoms with Gasteiger partial charge in [0.15, 0.2) is 5.96 Å². The van der Waals surface area contributed by atoms with Crippen molar-refractivity contribution < 1.29 is 4.79 Å². The molecule has 0 aliphatic rings. The Bertz CT molecular complexity index is 711. The largest absolute Gasteiger partial charge is 0.350 e. The van der Waals surface area contributed by atoms with Gasteiger partial charge in [0.2, 0.25) is 5.91 Å². The Morgan fingerprint density at radius 2 is 2.17 bits per heavy atom. The van der Waals surface area contributed by atoms with E-state index in [0.717, 1.165) is 17.1 Å². The van der Waals surface area contributed by atoms with Crippen LogP contribution in [-0.2, 0) is 17.8 Å². The van der Waals surface area contributed by atoms with E-state index in [1.165, 1.54) is 10.4 Å². The fourth-order valence-electron chi connectivity index (χ4n) is 2.10. The molecule has 0 bridgehead atoms. The summed E-state index contributed by atoms with van der Waals surface area (Å²) in [6.07, 6.45) is 2.78. The number of hydrogen-bond acceptors (Lipinski definition) is 4. The average molecular weight is 345 g/mol. The van der Waals surface area contributed by atoms with Crippen LogP contribution in [0.2, 0.25) is 0 Å². The number of benzene rings is 1. The van der Waals surface area contributed by atoms with Crippen LogP contribution < -0.4 is 16.0 Å². The van der Waals surface area contributed by atoms with Crippen LogP contribution >= 0.6 is 11.3 Å². The molecule has 6 nitrogen and oxygen atoms in total. The normalized spacial score (nSPS) is 11.2. The molecule has 7 heteroatoms. The third-order valence-corrected chi connectivity index (χ3v) is 4.25. The number of nitrogens with one attached hydrogen (secondary N) is 3. The van der Waals surface area contributed by atoms with Crippen molar-refractivity contribution >= 4 is 28.9 Å². The number of hydrogen-bond donors (Lipinski definition) is 3. The Morgan fingerprint density at radius 3 is 2.83 bits per heavy atom. The summed E-state index contributed by atoms with van der Waals surface area (Å²) in [4.78, 5) is 21.6. The number of nitrogens with zero attached hydrogens (tertiary/aromatic N) is 2. The third-order valence-electron chi connectivity index (χ3n) is 3.34. The molecule has 1 aromatic carbocycles. The quantitative estimate of drug-likeness (QED) is 0.555. The Morgan fingerprint density at radius 1 is 1.33 bits per heavy atom. The third kappa shape index (κ3) is 5.66. The van der Waals surface area contributed by atoms with Gasteiger partial charge < -0.3 is 16.0 Å². The van der Waals surface area contributed by atoms with Gasteiger partial charge in [0.1, 0.15) is 5.01 Å². The lowest BCUT2D eigenvalue weighted by atomic mass is 10.1. The molecule has 128 valence electrons. The predicted octanol–water partition coefficient (Wildman–Crippen LogP) is 2.32. The van der Waals surface area contributed by atoms with E-state index >= 15 is 0 Å². The molecule has 1 aromatic heterocycles. The van der Waals surface area contributed by atoms with Crippen LogP contribution in [0, 0.1) is 6.92 Å². The number of aliphatic imine (C=N–C) groups is 1. The second-order valence-electron chi connectivity index (χ2n) is 5.25. The van der Waals surface area contributed by atoms with Crippen molar-refractivity contribution in [2.75, 3.05) is 18.9 Å². The summed E-state index contributed by atoms with van der Waals surface area (Å²) in [5.41, 5.74) is 2.00. The number of aromatic nitrogens is 1. The molecule has 24 heavy (non-hydrogen) atoms. The summed E-state index contributed by atoms with van der Waals surface area (Å²) in [6, 6.07) is 7.85. The van der Waals surface area contributed by atoms with E-state index in [1.54, 1.807) is 18.4 Å². The first-order valence-corrected chi connectivity index (χ1v) is 8.67. The molecule has 0 aliphatic carbocycles. The average Bonchev–Trinajstić information content (AvgIpc) is 3.00. The fraction of sp³-hybridized carbons (Fsp3) is 0.353. The second kappa shape index (κ2) is 9.02. The lowest BCUT2D eigenvalue weighted by Crippen LogP contribution is -2.41. The van der Waals surface area contributed by atoms with Crippen molar-refractivity contribution in [3.63, 3.8) is 0 Å². The zero-order valence-electron chi connectivity index (χ0n) is 14.2. The molecule has 0 aliphatic heterocycles. The zero-order chi connectivity index (χ0) is 17.4. The SMILES string of the molecule is CCc1cccc(NC(=O)CNC(=NC)NCc2ncc(C)s2)c1. The fourth-order valence-corrected chi connectivity index (χ4v) is 2.83. The van der Waals surface area contributed by atoms with Crippen LogP contribution in [0.5, 0.6) is 0 Å². The number of guanidine groups is 1. The lowest BCUT2D eigenvalue weighted by molar-refractivity contribution is -0.115. The number of rotatable bonds is 6. The highest BCUT2D eigenvalue weighted by atomic mass is 32.1. The van der Waals surface area contributed by atoms with Gasteiger partial charge in [0.05, 0.1) is 13.1 Å². The van der Waals surface area contributed by atoms with Crippen molar-refractivity contribution in [1.29, 1.82) is 0 Å². The first-order chi connectivity index (χ1) is 11.6. The van der Waals surface area contributed by atoms with Crippen LogP contribution in [0.25, 0.3) is 0 Å². The van der Waals surface area contributed by atoms with Gasteiger partial charge in [-0.1, -0.05) is 19.1 Å². The van der Waals surface area contributed by atoms with E-state index in [1.807, 2.05) is 37.4 Å². The molecule has 0 unspecified atom stereocenters. The minimum absolute atomic E-state index is 0.115. The van der Waals surface area contributed by atoms with Gasteiger partial charge in [-0.2, -0.15) is 0 Å². The van der Waals surface area contributed by atoms with Crippen LogP contribution in [0.4, 0.5) is 5.69 Å². The molecule has 0 saturated heterocycles. The predicted molar refractivity (Wildman–Crippen MR) is 99.5 cm³/mol. The van der Waals surface area contributed by atoms with E-state index in [9.17, 15) is 4.79 Å². The molecule has 3 N–H and O–H groups in total. The van der Waals surface area contributed by atoms with Gasteiger partial charge in [0.25, 0.3) is 0 Å². The first-order valence-electron chi connectivity index (χ1n) is 7.85. The van der Waals surface area contributed by atoms with Crippen LogP contribution in [0.3, 0.4) is 0 Å². The highest BCUT2D eigenvalue weighted by Crippen LogP contribution is 2.11. The standard InChI is InChI=1S/C17H23N5OS/c1-4-13-6-5-7-14(8-13)22-15(23)10-20-17(18-3)21-11-16-19-9-12(2)24-16/h5-9H,4,10-11H2,1-3H3,(H,22,23)(H2,18,20,21). The smallest absolute Gasteiger partial charge is 0.243 e. The van der Waals surface area contributed by atoms with Crippen molar-refractivity contribution in [3.8, 4) is 0 Å². The summed E-state index contributed by atoms with van der Waals surface area (Å²) in [6.45, 7) is 4.83. The summed E-state index contributed by atoms with van der Waals surface area (Å²) < 4.78 is 0. The summed E-state index contributed by atoms with van der Waals surface area (Å²) in [7, 11) is 1.67. The number of carbonyl (C=O) groups excluding carboxylic acids is 1. The number of amides is 1. The van der Waals surface area contributed by atoms with Crippen molar-refractivity contribution in [1.82, 2.24) is 15.6 Å². The zero-order valence-corrected chi connectivity index (χ0v) is 15.0. The monoisotopic (exact) mass is 345 g/mol. The van der Waals surface area contributed by atoms with Crippen LogP contribution in [0.15, 0.2) is 35.5 Å². The van der Waals surface area contributed by atoms with Gasteiger partial charge in [0, 0.05) is 23.8 Å². The molecule has 1 heterocycles. The Kier molecular flexibility index (Phi) is 6.74. The number of carbonyl (C=O) groups is 1. The van der Waals surface area contributed by atoms with E-state index in [4.69, 9.17) is 0 Å². The van der Waals surface area contributed by atoms with Gasteiger partial charge in [-0.05, 0) is 31.0 Å². The topological polar surface area (TPSA) is 78.4 Å². The molecule has 0 radical (unpaired) electrons. The Balaban J connectivity index is 1.78. The highest BCUT2D eigenvalue weighted by molar-refractivity contribution is 7.11. The first kappa shape index (κ1) is 17.9. The second-order valence-corrected chi connectivity index (χ2v) is 6.57. The Hall–Kier alpha value is -2.41. The number of anilines is 1. The van der Waals surface area contributed by atoms with Crippen molar-refractivity contribution in [2.45, 2.75) is 26.8 Å². The highest BCUT2D eigenvalue weighted by Gasteiger charge is 2.06. The maximum Gasteiger partial charge on any atom is 0.243 e. The molecule has 0 fully saturated rings.